The second kappa shape index (κ2) is 15.2. The summed E-state index contributed by atoms with van der Waals surface area (Å²) in [6, 6.07) is 11.5. The van der Waals surface area contributed by atoms with Gasteiger partial charge in [-0.15, -0.1) is 6.42 Å². The van der Waals surface area contributed by atoms with Gasteiger partial charge in [-0.3, -0.25) is 9.59 Å². The predicted molar refractivity (Wildman–Crippen MR) is 191 cm³/mol. The van der Waals surface area contributed by atoms with E-state index in [9.17, 15) is 14.4 Å². The van der Waals surface area contributed by atoms with Gasteiger partial charge in [-0.05, 0) is 113 Å². The molecule has 0 unspecified atom stereocenters. The van der Waals surface area contributed by atoms with Crippen molar-refractivity contribution in [2.24, 2.45) is 17.8 Å². The first-order chi connectivity index (χ1) is 23.2. The number of amides is 4. The van der Waals surface area contributed by atoms with Gasteiger partial charge in [0.2, 0.25) is 11.8 Å². The largest absolute Gasteiger partial charge is 0.397 e. The Labute approximate surface area is 290 Å². The fourth-order valence-corrected chi connectivity index (χ4v) is 8.54. The molecule has 10 heteroatoms. The number of terminal acetylenes is 1. The second-order valence-corrected chi connectivity index (χ2v) is 14.6. The maximum atomic E-state index is 14.2. The normalized spacial score (nSPS) is 20.9. The number of halogens is 1. The van der Waals surface area contributed by atoms with Crippen molar-refractivity contribution in [3.63, 3.8) is 0 Å². The molecule has 256 valence electrons. The molecule has 3 saturated heterocycles. The molecule has 0 bridgehead atoms. The Morgan fingerprint density at radius 3 is 2.29 bits per heavy atom. The van der Waals surface area contributed by atoms with Crippen molar-refractivity contribution in [3.8, 4) is 12.3 Å². The van der Waals surface area contributed by atoms with Crippen molar-refractivity contribution in [1.29, 1.82) is 0 Å². The molecule has 0 radical (unpaired) electrons. The smallest absolute Gasteiger partial charge is 0.322 e. The van der Waals surface area contributed by atoms with E-state index in [4.69, 9.17) is 23.8 Å². The summed E-state index contributed by atoms with van der Waals surface area (Å²) in [7, 11) is 2.19. The Hall–Kier alpha value is -3.74. The molecule has 2 aromatic rings. The van der Waals surface area contributed by atoms with Gasteiger partial charge in [0.1, 0.15) is 0 Å². The molecular formula is C38H49ClN6O3. The van der Waals surface area contributed by atoms with Crippen LogP contribution >= 0.6 is 11.6 Å². The standard InChI is InChI=1S/C38H49ClN6O3/c1-3-27-22-26(24-33(39)36(27)40)23-31(37(47)44-17-10-29(11-18-44)28-8-15-42(2)16-9-28)25-35(46)43-19-13-32(14-20-43)45-21-12-30-6-4-5-7-34(30)41-38(45)48/h1,4-7,22,24,28-29,31-32H,8-21,23,25,40H2,2H3,(H,41,48)/t31-/m0/s1. The zero-order valence-electron chi connectivity index (χ0n) is 28.1. The van der Waals surface area contributed by atoms with Gasteiger partial charge in [-0.2, -0.15) is 0 Å². The fraction of sp³-hybridized carbons (Fsp3) is 0.553. The first-order valence-corrected chi connectivity index (χ1v) is 18.0. The molecule has 4 amide bonds. The van der Waals surface area contributed by atoms with Crippen LogP contribution in [-0.2, 0) is 22.4 Å². The lowest BCUT2D eigenvalue weighted by Gasteiger charge is -2.40. The molecule has 2 aromatic carbocycles. The highest BCUT2D eigenvalue weighted by Crippen LogP contribution is 2.34. The average molecular weight is 673 g/mol. The summed E-state index contributed by atoms with van der Waals surface area (Å²) in [5, 5.41) is 3.43. The summed E-state index contributed by atoms with van der Waals surface area (Å²) < 4.78 is 0. The third-order valence-electron chi connectivity index (χ3n) is 11.3. The molecule has 4 heterocycles. The molecule has 3 N–H and O–H groups in total. The molecule has 9 nitrogen and oxygen atoms in total. The number of nitrogens with two attached hydrogens (primary N) is 1. The zero-order chi connectivity index (χ0) is 33.8. The molecule has 0 aliphatic carbocycles. The number of carbonyl (C=O) groups excluding carboxylic acids is 3. The SMILES string of the molecule is C#Cc1cc(C[C@@H](CC(=O)N2CCC(N3CCc4ccccc4NC3=O)CC2)C(=O)N2CCC(C3CCN(C)CC3)CC2)cc(Cl)c1N. The van der Waals surface area contributed by atoms with Crippen molar-refractivity contribution in [3.05, 3.63) is 58.1 Å². The maximum Gasteiger partial charge on any atom is 0.322 e. The van der Waals surface area contributed by atoms with Gasteiger partial charge in [0.25, 0.3) is 0 Å². The predicted octanol–water partition coefficient (Wildman–Crippen LogP) is 5.11. The highest BCUT2D eigenvalue weighted by atomic mass is 35.5. The quantitative estimate of drug-likeness (QED) is 0.314. The number of nitrogen functional groups attached to an aromatic ring is 1. The Balaban J connectivity index is 1.10. The van der Waals surface area contributed by atoms with Crippen LogP contribution in [0.4, 0.5) is 16.2 Å². The summed E-state index contributed by atoms with van der Waals surface area (Å²) in [4.78, 5) is 49.3. The lowest BCUT2D eigenvalue weighted by atomic mass is 9.78. The lowest BCUT2D eigenvalue weighted by molar-refractivity contribution is -0.143. The monoisotopic (exact) mass is 672 g/mol. The van der Waals surface area contributed by atoms with Gasteiger partial charge in [-0.25, -0.2) is 4.79 Å². The minimum Gasteiger partial charge on any atom is -0.397 e. The first kappa shape index (κ1) is 34.1. The van der Waals surface area contributed by atoms with E-state index in [0.29, 0.717) is 61.1 Å². The summed E-state index contributed by atoms with van der Waals surface area (Å²) in [6.07, 6.45) is 12.9. The number of likely N-dealkylation sites (tertiary alicyclic amines) is 3. The van der Waals surface area contributed by atoms with Crippen LogP contribution in [0, 0.1) is 30.1 Å². The van der Waals surface area contributed by atoms with Crippen molar-refractivity contribution in [2.45, 2.75) is 63.8 Å². The number of hydrogen-bond acceptors (Lipinski definition) is 5. The number of nitrogens with one attached hydrogen (secondary N) is 1. The minimum absolute atomic E-state index is 0.0241. The summed E-state index contributed by atoms with van der Waals surface area (Å²) in [5.41, 5.74) is 9.76. The van der Waals surface area contributed by atoms with Gasteiger partial charge < -0.3 is 30.7 Å². The van der Waals surface area contributed by atoms with Gasteiger partial charge in [0.05, 0.1) is 16.6 Å². The maximum absolute atomic E-state index is 14.2. The molecular weight excluding hydrogens is 624 g/mol. The fourth-order valence-electron chi connectivity index (χ4n) is 8.30. The van der Waals surface area contributed by atoms with Crippen LogP contribution in [0.3, 0.4) is 0 Å². The number of anilines is 2. The molecule has 3 fully saturated rings. The van der Waals surface area contributed by atoms with Gasteiger partial charge in [0, 0.05) is 56.4 Å². The van der Waals surface area contributed by atoms with E-state index in [1.54, 1.807) is 6.07 Å². The average Bonchev–Trinajstić information content (AvgIpc) is 3.27. The molecule has 1 atom stereocenters. The van der Waals surface area contributed by atoms with Gasteiger partial charge >= 0.3 is 6.03 Å². The Morgan fingerprint density at radius 2 is 1.60 bits per heavy atom. The number of carbonyl (C=O) groups is 3. The third-order valence-corrected chi connectivity index (χ3v) is 11.6. The Morgan fingerprint density at radius 1 is 0.958 bits per heavy atom. The number of benzene rings is 2. The highest BCUT2D eigenvalue weighted by molar-refractivity contribution is 6.33. The van der Waals surface area contributed by atoms with Gasteiger partial charge in [0.15, 0.2) is 0 Å². The van der Waals surface area contributed by atoms with E-state index in [1.807, 2.05) is 39.0 Å². The number of fused-ring (bicyclic) bond motifs is 1. The third kappa shape index (κ3) is 7.76. The van der Waals surface area contributed by atoms with E-state index in [2.05, 4.69) is 29.3 Å². The molecule has 0 saturated carbocycles. The van der Waals surface area contributed by atoms with Crippen LogP contribution < -0.4 is 11.1 Å². The lowest BCUT2D eigenvalue weighted by Crippen LogP contribution is -2.50. The topological polar surface area (TPSA) is 102 Å². The number of rotatable bonds is 7. The molecule has 48 heavy (non-hydrogen) atoms. The summed E-state index contributed by atoms with van der Waals surface area (Å²) in [5.74, 6) is 3.45. The van der Waals surface area contributed by atoms with Crippen LogP contribution in [0.2, 0.25) is 5.02 Å². The minimum atomic E-state index is -0.532. The number of urea groups is 1. The number of para-hydroxylation sites is 1. The Kier molecular flexibility index (Phi) is 10.8. The highest BCUT2D eigenvalue weighted by Gasteiger charge is 2.36. The van der Waals surface area contributed by atoms with Crippen molar-refractivity contribution < 1.29 is 14.4 Å². The summed E-state index contributed by atoms with van der Waals surface area (Å²) >= 11 is 6.43. The van der Waals surface area contributed by atoms with E-state index < -0.39 is 5.92 Å². The van der Waals surface area contributed by atoms with Crippen molar-refractivity contribution >= 4 is 40.8 Å². The van der Waals surface area contributed by atoms with E-state index in [1.165, 1.54) is 12.8 Å². The Bertz CT molecular complexity index is 1530. The molecule has 0 aromatic heterocycles. The van der Waals surface area contributed by atoms with Crippen molar-refractivity contribution in [2.75, 3.05) is 63.9 Å². The number of piperidine rings is 3. The van der Waals surface area contributed by atoms with Gasteiger partial charge in [-0.1, -0.05) is 35.7 Å². The summed E-state index contributed by atoms with van der Waals surface area (Å²) in [6.45, 7) is 5.51. The van der Waals surface area contributed by atoms with Crippen molar-refractivity contribution in [1.82, 2.24) is 19.6 Å². The molecule has 4 aliphatic rings. The van der Waals surface area contributed by atoms with Crippen LogP contribution in [0.1, 0.15) is 61.6 Å². The molecule has 0 spiro atoms. The second-order valence-electron chi connectivity index (χ2n) is 14.2. The van der Waals surface area contributed by atoms with Crippen LogP contribution in [-0.4, -0.2) is 96.3 Å². The number of hydrogen-bond donors (Lipinski definition) is 2. The van der Waals surface area contributed by atoms with Crippen LogP contribution in [0.5, 0.6) is 0 Å². The van der Waals surface area contributed by atoms with Crippen LogP contribution in [0.25, 0.3) is 0 Å². The van der Waals surface area contributed by atoms with E-state index in [0.717, 1.165) is 68.2 Å². The zero-order valence-corrected chi connectivity index (χ0v) is 28.9. The van der Waals surface area contributed by atoms with Crippen LogP contribution in [0.15, 0.2) is 36.4 Å². The molecule has 4 aliphatic heterocycles. The molecule has 6 rings (SSSR count). The van der Waals surface area contributed by atoms with E-state index >= 15 is 0 Å². The first-order valence-electron chi connectivity index (χ1n) is 17.6. The van der Waals surface area contributed by atoms with E-state index in [-0.39, 0.29) is 30.3 Å². The number of nitrogens with zero attached hydrogens (tertiary/aromatic N) is 4.